The Balaban J connectivity index is 1.63. The molecule has 0 unspecified atom stereocenters. The fourth-order valence-electron chi connectivity index (χ4n) is 4.58. The normalized spacial score (nSPS) is 21.1. The molecule has 1 aromatic carbocycles. The van der Waals surface area contributed by atoms with Gasteiger partial charge in [-0.25, -0.2) is 4.98 Å². The van der Waals surface area contributed by atoms with E-state index in [4.69, 9.17) is 10.7 Å². The average molecular weight is 419 g/mol. The molecule has 7 nitrogen and oxygen atoms in total. The van der Waals surface area contributed by atoms with E-state index in [-0.39, 0.29) is 11.4 Å². The number of carbonyl (C=O) groups excluding carboxylic acids is 1. The van der Waals surface area contributed by atoms with Crippen LogP contribution in [0.15, 0.2) is 30.6 Å². The second-order valence-electron chi connectivity index (χ2n) is 9.59. The highest BCUT2D eigenvalue weighted by atomic mass is 16.2. The molecule has 2 fully saturated rings. The number of aromatic amines is 1. The van der Waals surface area contributed by atoms with E-state index < -0.39 is 0 Å². The van der Waals surface area contributed by atoms with E-state index in [0.717, 1.165) is 53.2 Å². The van der Waals surface area contributed by atoms with Crippen LogP contribution in [0.5, 0.6) is 0 Å². The molecule has 2 aliphatic rings. The maximum atomic E-state index is 13.5. The molecular weight excluding hydrogens is 388 g/mol. The van der Waals surface area contributed by atoms with E-state index in [1.165, 1.54) is 12.8 Å². The topological polar surface area (TPSA) is 91.1 Å². The SMILES string of the molecule is Cc1cccc2[nH]c(-c3cncc(C(=O)N(C)CC4CC4)c3N3CC[C@](C)(N)C3)nc12. The number of pyridine rings is 1. The van der Waals surface area contributed by atoms with Gasteiger partial charge in [-0.2, -0.15) is 0 Å². The smallest absolute Gasteiger partial charge is 0.257 e. The molecule has 1 aliphatic carbocycles. The first kappa shape index (κ1) is 20.0. The Hall–Kier alpha value is -2.93. The van der Waals surface area contributed by atoms with Gasteiger partial charge in [0.05, 0.1) is 27.8 Å². The second kappa shape index (κ2) is 7.34. The highest BCUT2D eigenvalue weighted by Gasteiger charge is 2.35. The molecule has 5 rings (SSSR count). The Kier molecular flexibility index (Phi) is 4.73. The molecule has 3 heterocycles. The van der Waals surface area contributed by atoms with Crippen LogP contribution in [0.1, 0.15) is 42.1 Å². The number of nitrogens with zero attached hydrogens (tertiary/aromatic N) is 4. The van der Waals surface area contributed by atoms with Crippen LogP contribution < -0.4 is 10.6 Å². The maximum absolute atomic E-state index is 13.5. The number of amides is 1. The summed E-state index contributed by atoms with van der Waals surface area (Å²) in [5, 5.41) is 0. The Morgan fingerprint density at radius 2 is 2.16 bits per heavy atom. The second-order valence-corrected chi connectivity index (χ2v) is 9.59. The zero-order valence-corrected chi connectivity index (χ0v) is 18.5. The van der Waals surface area contributed by atoms with Crippen LogP contribution in [0.4, 0.5) is 5.69 Å². The number of aromatic nitrogens is 3. The monoisotopic (exact) mass is 418 g/mol. The molecular formula is C24H30N6O. The Morgan fingerprint density at radius 3 is 2.84 bits per heavy atom. The van der Waals surface area contributed by atoms with Crippen LogP contribution in [0.2, 0.25) is 0 Å². The van der Waals surface area contributed by atoms with Crippen molar-refractivity contribution in [2.75, 3.05) is 31.6 Å². The van der Waals surface area contributed by atoms with Crippen molar-refractivity contribution in [2.24, 2.45) is 11.7 Å². The molecule has 2 aromatic heterocycles. The number of rotatable bonds is 5. The summed E-state index contributed by atoms with van der Waals surface area (Å²) in [5.41, 5.74) is 11.6. The number of anilines is 1. The maximum Gasteiger partial charge on any atom is 0.257 e. The third-order valence-corrected chi connectivity index (χ3v) is 6.51. The van der Waals surface area contributed by atoms with Gasteiger partial charge in [0.1, 0.15) is 5.82 Å². The zero-order chi connectivity index (χ0) is 21.8. The van der Waals surface area contributed by atoms with Crippen molar-refractivity contribution in [3.63, 3.8) is 0 Å². The molecule has 0 spiro atoms. The molecule has 7 heteroatoms. The summed E-state index contributed by atoms with van der Waals surface area (Å²) in [6.45, 7) is 6.41. The van der Waals surface area contributed by atoms with E-state index in [1.807, 2.05) is 30.3 Å². The molecule has 1 saturated carbocycles. The van der Waals surface area contributed by atoms with Crippen LogP contribution in [-0.4, -0.2) is 58.0 Å². The van der Waals surface area contributed by atoms with Crippen molar-refractivity contribution < 1.29 is 4.79 Å². The number of nitrogens with two attached hydrogens (primary N) is 1. The number of hydrogen-bond acceptors (Lipinski definition) is 5. The fraction of sp³-hybridized carbons (Fsp3) is 0.458. The number of benzene rings is 1. The van der Waals surface area contributed by atoms with Crippen molar-refractivity contribution in [3.8, 4) is 11.4 Å². The van der Waals surface area contributed by atoms with E-state index in [2.05, 4.69) is 34.8 Å². The summed E-state index contributed by atoms with van der Waals surface area (Å²) < 4.78 is 0. The predicted molar refractivity (Wildman–Crippen MR) is 123 cm³/mol. The van der Waals surface area contributed by atoms with E-state index in [9.17, 15) is 4.79 Å². The molecule has 31 heavy (non-hydrogen) atoms. The van der Waals surface area contributed by atoms with Crippen molar-refractivity contribution in [1.82, 2.24) is 19.9 Å². The molecule has 3 N–H and O–H groups in total. The fourth-order valence-corrected chi connectivity index (χ4v) is 4.58. The number of fused-ring (bicyclic) bond motifs is 1. The van der Waals surface area contributed by atoms with Crippen LogP contribution >= 0.6 is 0 Å². The van der Waals surface area contributed by atoms with E-state index in [0.29, 0.717) is 18.0 Å². The highest BCUT2D eigenvalue weighted by Crippen LogP contribution is 2.37. The Bertz CT molecular complexity index is 1150. The lowest BCUT2D eigenvalue weighted by Gasteiger charge is -2.27. The third kappa shape index (κ3) is 3.78. The van der Waals surface area contributed by atoms with Gasteiger partial charge in [0, 0.05) is 44.6 Å². The van der Waals surface area contributed by atoms with Crippen molar-refractivity contribution in [1.29, 1.82) is 0 Å². The lowest BCUT2D eigenvalue weighted by atomic mass is 10.0. The third-order valence-electron chi connectivity index (χ3n) is 6.51. The van der Waals surface area contributed by atoms with Gasteiger partial charge in [0.15, 0.2) is 0 Å². The summed E-state index contributed by atoms with van der Waals surface area (Å²) in [4.78, 5) is 30.3. The summed E-state index contributed by atoms with van der Waals surface area (Å²) in [6, 6.07) is 6.10. The molecule has 1 aliphatic heterocycles. The first-order valence-corrected chi connectivity index (χ1v) is 11.1. The van der Waals surface area contributed by atoms with Crippen LogP contribution in [0.3, 0.4) is 0 Å². The van der Waals surface area contributed by atoms with Gasteiger partial charge >= 0.3 is 0 Å². The van der Waals surface area contributed by atoms with Gasteiger partial charge in [-0.15, -0.1) is 0 Å². The lowest BCUT2D eigenvalue weighted by molar-refractivity contribution is 0.0789. The van der Waals surface area contributed by atoms with E-state index >= 15 is 0 Å². The number of carbonyl (C=O) groups is 1. The molecule has 3 aromatic rings. The van der Waals surface area contributed by atoms with Gasteiger partial charge in [-0.1, -0.05) is 12.1 Å². The minimum absolute atomic E-state index is 0.00849. The van der Waals surface area contributed by atoms with Crippen molar-refractivity contribution in [3.05, 3.63) is 41.7 Å². The summed E-state index contributed by atoms with van der Waals surface area (Å²) in [5.74, 6) is 1.37. The van der Waals surface area contributed by atoms with Gasteiger partial charge in [-0.05, 0) is 50.7 Å². The number of H-pyrrole nitrogens is 1. The van der Waals surface area contributed by atoms with Gasteiger partial charge in [0.2, 0.25) is 0 Å². The molecule has 1 atom stereocenters. The highest BCUT2D eigenvalue weighted by molar-refractivity contribution is 6.03. The molecule has 162 valence electrons. The van der Waals surface area contributed by atoms with Gasteiger partial charge < -0.3 is 20.5 Å². The van der Waals surface area contributed by atoms with Gasteiger partial charge in [0.25, 0.3) is 5.91 Å². The minimum atomic E-state index is -0.286. The van der Waals surface area contributed by atoms with Crippen LogP contribution in [0.25, 0.3) is 22.4 Å². The average Bonchev–Trinajstić information content (AvgIpc) is 3.31. The first-order valence-electron chi connectivity index (χ1n) is 11.1. The summed E-state index contributed by atoms with van der Waals surface area (Å²) in [7, 11) is 1.89. The lowest BCUT2D eigenvalue weighted by Crippen LogP contribution is -2.40. The largest absolute Gasteiger partial charge is 0.368 e. The number of para-hydroxylation sites is 1. The number of imidazole rings is 1. The molecule has 1 saturated heterocycles. The van der Waals surface area contributed by atoms with Crippen LogP contribution in [-0.2, 0) is 0 Å². The number of nitrogens with one attached hydrogen (secondary N) is 1. The minimum Gasteiger partial charge on any atom is -0.368 e. The van der Waals surface area contributed by atoms with Crippen LogP contribution in [0, 0.1) is 12.8 Å². The predicted octanol–water partition coefficient (Wildman–Crippen LogP) is 3.34. The Labute approximate surface area is 182 Å². The van der Waals surface area contributed by atoms with E-state index in [1.54, 1.807) is 6.20 Å². The number of hydrogen-bond donors (Lipinski definition) is 2. The standard InChI is InChI=1S/C24H30N6O/c1-15-5-4-6-19-20(15)28-22(27-19)17-11-26-12-18(23(31)29(3)13-16-7-8-16)21(17)30-10-9-24(2,25)14-30/h4-6,11-12,16H,7-10,13-14,25H2,1-3H3,(H,27,28)/t24-/m0/s1. The quantitative estimate of drug-likeness (QED) is 0.663. The summed E-state index contributed by atoms with van der Waals surface area (Å²) in [6.07, 6.45) is 6.80. The van der Waals surface area contributed by atoms with Gasteiger partial charge in [-0.3, -0.25) is 9.78 Å². The molecule has 0 radical (unpaired) electrons. The molecule has 1 amide bonds. The Morgan fingerprint density at radius 1 is 1.35 bits per heavy atom. The van der Waals surface area contributed by atoms with Crippen molar-refractivity contribution in [2.45, 2.75) is 38.6 Å². The zero-order valence-electron chi connectivity index (χ0n) is 18.5. The summed E-state index contributed by atoms with van der Waals surface area (Å²) >= 11 is 0. The number of aryl methyl sites for hydroxylation is 1. The first-order chi connectivity index (χ1) is 14.8. The van der Waals surface area contributed by atoms with Crippen molar-refractivity contribution >= 4 is 22.6 Å². The molecule has 0 bridgehead atoms.